The van der Waals surface area contributed by atoms with Crippen molar-refractivity contribution in [3.8, 4) is 0 Å². The summed E-state index contributed by atoms with van der Waals surface area (Å²) < 4.78 is 5.42. The Hall–Kier alpha value is -1.51. The summed E-state index contributed by atoms with van der Waals surface area (Å²) in [5.74, 6) is 0.564. The van der Waals surface area contributed by atoms with Crippen molar-refractivity contribution < 1.29 is 9.53 Å². The summed E-state index contributed by atoms with van der Waals surface area (Å²) in [6.07, 6.45) is 1.85. The third-order valence-electron chi connectivity index (χ3n) is 3.70. The molecule has 1 aliphatic heterocycles. The maximum atomic E-state index is 12.0. The number of benzene rings is 1. The zero-order chi connectivity index (χ0) is 14.8. The number of aryl methyl sites for hydroxylation is 1. The van der Waals surface area contributed by atoms with Crippen molar-refractivity contribution in [2.45, 2.75) is 59.5 Å². The highest BCUT2D eigenvalue weighted by atomic mass is 16.6. The molecule has 1 heterocycles. The van der Waals surface area contributed by atoms with E-state index < -0.39 is 5.60 Å². The molecular formula is C18H29NO2. The van der Waals surface area contributed by atoms with Gasteiger partial charge in [-0.05, 0) is 52.0 Å². The second kappa shape index (κ2) is 6.97. The van der Waals surface area contributed by atoms with Gasteiger partial charge in [-0.1, -0.05) is 37.3 Å². The van der Waals surface area contributed by atoms with Crippen molar-refractivity contribution in [3.05, 3.63) is 35.4 Å². The minimum Gasteiger partial charge on any atom is -0.444 e. The van der Waals surface area contributed by atoms with Crippen LogP contribution in [0, 0.1) is 6.92 Å². The lowest BCUT2D eigenvalue weighted by Gasteiger charge is -2.33. The number of amides is 1. The molecule has 1 fully saturated rings. The molecule has 0 radical (unpaired) electrons. The van der Waals surface area contributed by atoms with E-state index in [1.54, 1.807) is 0 Å². The molecule has 0 bridgehead atoms. The molecule has 1 amide bonds. The highest BCUT2D eigenvalue weighted by Crippen LogP contribution is 2.28. The fourth-order valence-electron chi connectivity index (χ4n) is 2.56. The standard InChI is InChI=1S/C17H25NO2.CH4/c1-13-5-7-14(8-6-13)15-9-11-18(12-10-15)16(19)20-17(2,3)4;/h5-8,15H,9-12H2,1-4H3;1H4. The fraction of sp³-hybridized carbons (Fsp3) is 0.611. The summed E-state index contributed by atoms with van der Waals surface area (Å²) in [5.41, 5.74) is 2.27. The van der Waals surface area contributed by atoms with Crippen LogP contribution in [0.1, 0.15) is 58.1 Å². The Morgan fingerprint density at radius 3 is 2.14 bits per heavy atom. The molecule has 2 rings (SSSR count). The van der Waals surface area contributed by atoms with E-state index in [0.29, 0.717) is 5.92 Å². The molecule has 0 saturated carbocycles. The lowest BCUT2D eigenvalue weighted by Crippen LogP contribution is -2.41. The number of ether oxygens (including phenoxy) is 1. The molecule has 3 heteroatoms. The summed E-state index contributed by atoms with van der Waals surface area (Å²) >= 11 is 0. The Labute approximate surface area is 129 Å². The molecule has 0 atom stereocenters. The van der Waals surface area contributed by atoms with E-state index in [0.717, 1.165) is 25.9 Å². The Morgan fingerprint density at radius 2 is 1.67 bits per heavy atom. The van der Waals surface area contributed by atoms with Gasteiger partial charge in [0.25, 0.3) is 0 Å². The summed E-state index contributed by atoms with van der Waals surface area (Å²) in [6, 6.07) is 8.75. The van der Waals surface area contributed by atoms with Crippen LogP contribution in [0.4, 0.5) is 4.79 Å². The second-order valence-corrected chi connectivity index (χ2v) is 6.65. The van der Waals surface area contributed by atoms with Crippen molar-refractivity contribution in [1.82, 2.24) is 4.90 Å². The maximum absolute atomic E-state index is 12.0. The number of piperidine rings is 1. The van der Waals surface area contributed by atoms with E-state index in [2.05, 4.69) is 31.2 Å². The van der Waals surface area contributed by atoms with Crippen molar-refractivity contribution in [2.24, 2.45) is 0 Å². The van der Waals surface area contributed by atoms with Gasteiger partial charge in [0.1, 0.15) is 5.60 Å². The SMILES string of the molecule is C.Cc1ccc(C2CCN(C(=O)OC(C)(C)C)CC2)cc1. The van der Waals surface area contributed by atoms with E-state index in [4.69, 9.17) is 4.74 Å². The molecule has 1 aliphatic rings. The highest BCUT2D eigenvalue weighted by molar-refractivity contribution is 5.68. The molecule has 0 aliphatic carbocycles. The van der Waals surface area contributed by atoms with Gasteiger partial charge in [-0.2, -0.15) is 0 Å². The van der Waals surface area contributed by atoms with Crippen LogP contribution in [0.5, 0.6) is 0 Å². The van der Waals surface area contributed by atoms with Crippen molar-refractivity contribution in [1.29, 1.82) is 0 Å². The lowest BCUT2D eigenvalue weighted by molar-refractivity contribution is 0.0205. The third kappa shape index (κ3) is 5.07. The van der Waals surface area contributed by atoms with Gasteiger partial charge >= 0.3 is 6.09 Å². The number of likely N-dealkylation sites (tertiary alicyclic amines) is 1. The van der Waals surface area contributed by atoms with Gasteiger partial charge in [0.15, 0.2) is 0 Å². The first kappa shape index (κ1) is 17.5. The van der Waals surface area contributed by atoms with Crippen LogP contribution in [0.15, 0.2) is 24.3 Å². The molecule has 0 N–H and O–H groups in total. The number of rotatable bonds is 1. The molecule has 0 unspecified atom stereocenters. The van der Waals surface area contributed by atoms with Crippen LogP contribution in [0.3, 0.4) is 0 Å². The quantitative estimate of drug-likeness (QED) is 0.747. The van der Waals surface area contributed by atoms with E-state index in [1.807, 2.05) is 25.7 Å². The minimum atomic E-state index is -0.412. The molecule has 21 heavy (non-hydrogen) atoms. The normalized spacial score (nSPS) is 16.3. The first-order chi connectivity index (χ1) is 9.35. The predicted molar refractivity (Wildman–Crippen MR) is 87.7 cm³/mol. The number of nitrogens with zero attached hydrogens (tertiary/aromatic N) is 1. The minimum absolute atomic E-state index is 0. The fourth-order valence-corrected chi connectivity index (χ4v) is 2.56. The molecule has 1 aromatic carbocycles. The van der Waals surface area contributed by atoms with Gasteiger partial charge in [-0.15, -0.1) is 0 Å². The first-order valence-electron chi connectivity index (χ1n) is 7.39. The maximum Gasteiger partial charge on any atom is 0.410 e. The van der Waals surface area contributed by atoms with Crippen LogP contribution < -0.4 is 0 Å². The van der Waals surface area contributed by atoms with Gasteiger partial charge < -0.3 is 9.64 Å². The molecule has 1 saturated heterocycles. The topological polar surface area (TPSA) is 29.5 Å². The number of carbonyl (C=O) groups is 1. The number of hydrogen-bond donors (Lipinski definition) is 0. The summed E-state index contributed by atoms with van der Waals surface area (Å²) in [5, 5.41) is 0. The van der Waals surface area contributed by atoms with Gasteiger partial charge in [0, 0.05) is 13.1 Å². The van der Waals surface area contributed by atoms with Gasteiger partial charge in [-0.3, -0.25) is 0 Å². The highest BCUT2D eigenvalue weighted by Gasteiger charge is 2.27. The third-order valence-corrected chi connectivity index (χ3v) is 3.70. The summed E-state index contributed by atoms with van der Waals surface area (Å²) in [4.78, 5) is 13.8. The van der Waals surface area contributed by atoms with Gasteiger partial charge in [0.2, 0.25) is 0 Å². The van der Waals surface area contributed by atoms with E-state index in [9.17, 15) is 4.79 Å². The average molecular weight is 291 g/mol. The Kier molecular flexibility index (Phi) is 5.82. The molecule has 3 nitrogen and oxygen atoms in total. The van der Waals surface area contributed by atoms with E-state index in [-0.39, 0.29) is 13.5 Å². The molecule has 0 aromatic heterocycles. The lowest BCUT2D eigenvalue weighted by atomic mass is 9.89. The van der Waals surface area contributed by atoms with Crippen LogP contribution >= 0.6 is 0 Å². The Bertz CT molecular complexity index is 451. The molecule has 1 aromatic rings. The van der Waals surface area contributed by atoms with Crippen LogP contribution in [0.25, 0.3) is 0 Å². The molecule has 118 valence electrons. The van der Waals surface area contributed by atoms with E-state index >= 15 is 0 Å². The monoisotopic (exact) mass is 291 g/mol. The van der Waals surface area contributed by atoms with Crippen molar-refractivity contribution in [3.63, 3.8) is 0 Å². The number of carbonyl (C=O) groups excluding carboxylic acids is 1. The Balaban J connectivity index is 0.00000220. The largest absolute Gasteiger partial charge is 0.444 e. The van der Waals surface area contributed by atoms with E-state index in [1.165, 1.54) is 11.1 Å². The second-order valence-electron chi connectivity index (χ2n) is 6.65. The van der Waals surface area contributed by atoms with Gasteiger partial charge in [0.05, 0.1) is 0 Å². The van der Waals surface area contributed by atoms with Crippen molar-refractivity contribution >= 4 is 6.09 Å². The van der Waals surface area contributed by atoms with Crippen LogP contribution in [-0.2, 0) is 4.74 Å². The zero-order valence-corrected chi connectivity index (χ0v) is 13.0. The molecule has 0 spiro atoms. The predicted octanol–water partition coefficient (Wildman–Crippen LogP) is 4.75. The van der Waals surface area contributed by atoms with Crippen LogP contribution in [-0.4, -0.2) is 29.7 Å². The van der Waals surface area contributed by atoms with Crippen LogP contribution in [0.2, 0.25) is 0 Å². The number of hydrogen-bond acceptors (Lipinski definition) is 2. The first-order valence-corrected chi connectivity index (χ1v) is 7.39. The van der Waals surface area contributed by atoms with Gasteiger partial charge in [-0.25, -0.2) is 4.79 Å². The summed E-state index contributed by atoms with van der Waals surface area (Å²) in [6.45, 7) is 9.40. The van der Waals surface area contributed by atoms with Crippen molar-refractivity contribution in [2.75, 3.05) is 13.1 Å². The molecular weight excluding hydrogens is 262 g/mol. The Morgan fingerprint density at radius 1 is 1.14 bits per heavy atom. The average Bonchev–Trinajstić information content (AvgIpc) is 2.38. The zero-order valence-electron chi connectivity index (χ0n) is 13.0. The smallest absolute Gasteiger partial charge is 0.410 e. The summed E-state index contributed by atoms with van der Waals surface area (Å²) in [7, 11) is 0.